The zero-order valence-corrected chi connectivity index (χ0v) is 12.2. The summed E-state index contributed by atoms with van der Waals surface area (Å²) in [5, 5.41) is 3.01. The number of benzene rings is 2. The molecule has 0 saturated heterocycles. The van der Waals surface area contributed by atoms with Crippen LogP contribution in [-0.2, 0) is 13.2 Å². The Hall–Kier alpha value is -1.87. The second-order valence-corrected chi connectivity index (χ2v) is 4.98. The predicted octanol–water partition coefficient (Wildman–Crippen LogP) is 3.74. The van der Waals surface area contributed by atoms with Gasteiger partial charge in [0.05, 0.1) is 0 Å². The molecule has 0 radical (unpaired) electrons. The van der Waals surface area contributed by atoms with Crippen LogP contribution < -0.4 is 10.1 Å². The Morgan fingerprint density at radius 1 is 1.10 bits per heavy atom. The van der Waals surface area contributed by atoms with Gasteiger partial charge in [-0.3, -0.25) is 0 Å². The van der Waals surface area contributed by atoms with E-state index >= 15 is 0 Å². The zero-order valence-electron chi connectivity index (χ0n) is 12.2. The molecule has 0 aliphatic rings. The number of ether oxygens (including phenoxy) is 1. The molecule has 0 aromatic heterocycles. The van der Waals surface area contributed by atoms with E-state index in [0.29, 0.717) is 18.9 Å². The van der Waals surface area contributed by atoms with Gasteiger partial charge >= 0.3 is 0 Å². The van der Waals surface area contributed by atoms with Crippen LogP contribution in [0.5, 0.6) is 5.75 Å². The van der Waals surface area contributed by atoms with Crippen molar-refractivity contribution in [2.75, 3.05) is 7.05 Å². The molecule has 2 aromatic carbocycles. The number of nitrogens with one attached hydrogen (secondary N) is 1. The molecule has 0 heterocycles. The van der Waals surface area contributed by atoms with E-state index in [0.717, 1.165) is 11.1 Å². The second-order valence-electron chi connectivity index (χ2n) is 4.98. The van der Waals surface area contributed by atoms with Gasteiger partial charge in [-0.15, -0.1) is 0 Å². The predicted molar refractivity (Wildman–Crippen MR) is 79.4 cm³/mol. The number of rotatable bonds is 5. The van der Waals surface area contributed by atoms with Crippen molar-refractivity contribution < 1.29 is 9.13 Å². The first-order chi connectivity index (χ1) is 9.60. The highest BCUT2D eigenvalue weighted by molar-refractivity contribution is 5.34. The molecule has 1 N–H and O–H groups in total. The van der Waals surface area contributed by atoms with Gasteiger partial charge in [-0.05, 0) is 55.3 Å². The lowest BCUT2D eigenvalue weighted by Gasteiger charge is -2.12. The molecule has 0 bridgehead atoms. The lowest BCUT2D eigenvalue weighted by Crippen LogP contribution is -2.06. The minimum absolute atomic E-state index is 0.269. The van der Waals surface area contributed by atoms with Crippen LogP contribution >= 0.6 is 0 Å². The average Bonchev–Trinajstić information content (AvgIpc) is 2.38. The van der Waals surface area contributed by atoms with Crippen LogP contribution in [0.1, 0.15) is 22.3 Å². The molecule has 2 nitrogen and oxygen atoms in total. The van der Waals surface area contributed by atoms with Gasteiger partial charge in [-0.2, -0.15) is 0 Å². The number of aryl methyl sites for hydroxylation is 2. The quantitative estimate of drug-likeness (QED) is 0.896. The van der Waals surface area contributed by atoms with Crippen molar-refractivity contribution in [3.63, 3.8) is 0 Å². The average molecular weight is 273 g/mol. The first kappa shape index (κ1) is 14.5. The Bertz CT molecular complexity index is 575. The van der Waals surface area contributed by atoms with Crippen LogP contribution in [0.25, 0.3) is 0 Å². The fourth-order valence-electron chi connectivity index (χ4n) is 2.24. The molecule has 0 atom stereocenters. The highest BCUT2D eigenvalue weighted by Gasteiger charge is 2.05. The van der Waals surface area contributed by atoms with E-state index in [1.54, 1.807) is 0 Å². The maximum absolute atomic E-state index is 13.5. The van der Waals surface area contributed by atoms with Crippen LogP contribution in [0.15, 0.2) is 36.4 Å². The molecule has 0 aliphatic heterocycles. The van der Waals surface area contributed by atoms with Crippen molar-refractivity contribution in [1.29, 1.82) is 0 Å². The third kappa shape index (κ3) is 3.58. The van der Waals surface area contributed by atoms with E-state index in [2.05, 4.69) is 31.3 Å². The summed E-state index contributed by atoms with van der Waals surface area (Å²) in [4.78, 5) is 0. The lowest BCUT2D eigenvalue weighted by atomic mass is 10.0. The van der Waals surface area contributed by atoms with Crippen LogP contribution in [0.3, 0.4) is 0 Å². The summed E-state index contributed by atoms with van der Waals surface area (Å²) in [5.74, 6) is 0.298. The van der Waals surface area contributed by atoms with Gasteiger partial charge in [-0.1, -0.05) is 18.2 Å². The fraction of sp³-hybridized carbons (Fsp3) is 0.294. The van der Waals surface area contributed by atoms with Crippen molar-refractivity contribution in [2.45, 2.75) is 27.0 Å². The highest BCUT2D eigenvalue weighted by atomic mass is 19.1. The Balaban J connectivity index is 2.14. The van der Waals surface area contributed by atoms with Gasteiger partial charge < -0.3 is 10.1 Å². The molecule has 0 spiro atoms. The highest BCUT2D eigenvalue weighted by Crippen LogP contribution is 2.20. The summed E-state index contributed by atoms with van der Waals surface area (Å²) in [7, 11) is 1.84. The van der Waals surface area contributed by atoms with Crippen LogP contribution in [0.2, 0.25) is 0 Å². The minimum Gasteiger partial charge on any atom is -0.489 e. The Labute approximate surface area is 119 Å². The smallest absolute Gasteiger partial charge is 0.127 e. The molecule has 0 fully saturated rings. The van der Waals surface area contributed by atoms with Gasteiger partial charge in [0.2, 0.25) is 0 Å². The Morgan fingerprint density at radius 2 is 1.80 bits per heavy atom. The Morgan fingerprint density at radius 3 is 2.45 bits per heavy atom. The maximum Gasteiger partial charge on any atom is 0.127 e. The second kappa shape index (κ2) is 6.53. The van der Waals surface area contributed by atoms with E-state index in [1.807, 2.05) is 19.2 Å². The summed E-state index contributed by atoms with van der Waals surface area (Å²) < 4.78 is 19.3. The topological polar surface area (TPSA) is 21.3 Å². The van der Waals surface area contributed by atoms with E-state index in [1.165, 1.54) is 23.3 Å². The van der Waals surface area contributed by atoms with Gasteiger partial charge in [0.15, 0.2) is 0 Å². The molecule has 0 aliphatic carbocycles. The number of hydrogen-bond donors (Lipinski definition) is 1. The molecule has 2 rings (SSSR count). The molecule has 0 amide bonds. The summed E-state index contributed by atoms with van der Waals surface area (Å²) in [6.07, 6.45) is 0. The molecule has 0 saturated carbocycles. The maximum atomic E-state index is 13.5. The molecule has 20 heavy (non-hydrogen) atoms. The summed E-state index contributed by atoms with van der Waals surface area (Å²) in [6, 6.07) is 11.0. The number of hydrogen-bond acceptors (Lipinski definition) is 2. The van der Waals surface area contributed by atoms with Crippen LogP contribution in [0, 0.1) is 19.7 Å². The van der Waals surface area contributed by atoms with E-state index < -0.39 is 0 Å². The van der Waals surface area contributed by atoms with Crippen LogP contribution in [-0.4, -0.2) is 7.05 Å². The molecule has 0 unspecified atom stereocenters. The minimum atomic E-state index is -0.269. The van der Waals surface area contributed by atoms with Crippen molar-refractivity contribution in [1.82, 2.24) is 5.32 Å². The first-order valence-corrected chi connectivity index (χ1v) is 6.72. The van der Waals surface area contributed by atoms with Gasteiger partial charge in [0.25, 0.3) is 0 Å². The van der Waals surface area contributed by atoms with Crippen molar-refractivity contribution in [2.24, 2.45) is 0 Å². The van der Waals surface area contributed by atoms with Gasteiger partial charge in [0.1, 0.15) is 18.2 Å². The van der Waals surface area contributed by atoms with E-state index in [-0.39, 0.29) is 5.82 Å². The largest absolute Gasteiger partial charge is 0.489 e. The molecule has 2 aromatic rings. The summed E-state index contributed by atoms with van der Waals surface area (Å²) in [5.41, 5.74) is 4.42. The molecular weight excluding hydrogens is 253 g/mol. The zero-order chi connectivity index (χ0) is 14.5. The molecular formula is C17H20FNO. The van der Waals surface area contributed by atoms with Crippen molar-refractivity contribution in [3.8, 4) is 5.75 Å². The third-order valence-corrected chi connectivity index (χ3v) is 3.34. The van der Waals surface area contributed by atoms with E-state index in [4.69, 9.17) is 4.74 Å². The standard InChI is InChI=1S/C17H20FNO/c1-12-5-4-6-13(2)17(12)11-20-16-8-14(10-19-3)7-15(18)9-16/h4-9,19H,10-11H2,1-3H3. The third-order valence-electron chi connectivity index (χ3n) is 3.34. The summed E-state index contributed by atoms with van der Waals surface area (Å²) >= 11 is 0. The normalized spacial score (nSPS) is 10.6. The van der Waals surface area contributed by atoms with Crippen LogP contribution in [0.4, 0.5) is 4.39 Å². The van der Waals surface area contributed by atoms with Gasteiger partial charge in [-0.25, -0.2) is 4.39 Å². The molecule has 3 heteroatoms. The number of halogens is 1. The summed E-state index contributed by atoms with van der Waals surface area (Å²) in [6.45, 7) is 5.20. The fourth-order valence-corrected chi connectivity index (χ4v) is 2.24. The Kier molecular flexibility index (Phi) is 4.74. The molecule has 106 valence electrons. The van der Waals surface area contributed by atoms with Crippen molar-refractivity contribution in [3.05, 3.63) is 64.5 Å². The first-order valence-electron chi connectivity index (χ1n) is 6.72. The van der Waals surface area contributed by atoms with Crippen molar-refractivity contribution >= 4 is 0 Å². The SMILES string of the molecule is CNCc1cc(F)cc(OCc2c(C)cccc2C)c1. The van der Waals surface area contributed by atoms with Gasteiger partial charge in [0, 0.05) is 12.6 Å². The van der Waals surface area contributed by atoms with E-state index in [9.17, 15) is 4.39 Å². The monoisotopic (exact) mass is 273 g/mol. The lowest BCUT2D eigenvalue weighted by molar-refractivity contribution is 0.302.